The monoisotopic (exact) mass is 245 g/mol. The molecule has 0 amide bonds. The molecule has 0 unspecified atom stereocenters. The van der Waals surface area contributed by atoms with Crippen molar-refractivity contribution in [3.63, 3.8) is 0 Å². The van der Waals surface area contributed by atoms with Crippen molar-refractivity contribution in [3.05, 3.63) is 23.3 Å². The summed E-state index contributed by atoms with van der Waals surface area (Å²) in [5.74, 6) is 1.39. The predicted molar refractivity (Wildman–Crippen MR) is 71.9 cm³/mol. The Morgan fingerprint density at radius 3 is 2.67 bits per heavy atom. The summed E-state index contributed by atoms with van der Waals surface area (Å²) in [5.41, 5.74) is 2.45. The zero-order chi connectivity index (χ0) is 13.3. The molecule has 0 bridgehead atoms. The fraction of sp³-hybridized carbons (Fsp3) is 0.500. The highest BCUT2D eigenvalue weighted by molar-refractivity contribution is 5.97. The Morgan fingerprint density at radius 1 is 1.39 bits per heavy atom. The van der Waals surface area contributed by atoms with Crippen LogP contribution in [0.2, 0.25) is 0 Å². The summed E-state index contributed by atoms with van der Waals surface area (Å²) in [6.45, 7) is 9.10. The highest BCUT2D eigenvalue weighted by Crippen LogP contribution is 2.22. The van der Waals surface area contributed by atoms with Crippen molar-refractivity contribution in [3.8, 4) is 0 Å². The summed E-state index contributed by atoms with van der Waals surface area (Å²) >= 11 is 0. The van der Waals surface area contributed by atoms with Gasteiger partial charge in [0.05, 0.1) is 11.1 Å². The maximum absolute atomic E-state index is 11.1. The quantitative estimate of drug-likeness (QED) is 0.778. The molecule has 0 saturated carbocycles. The molecule has 4 nitrogen and oxygen atoms in total. The van der Waals surface area contributed by atoms with Crippen LogP contribution in [0.1, 0.15) is 42.6 Å². The minimum absolute atomic E-state index is 0.525. The maximum Gasteiger partial charge on any atom is 0.152 e. The van der Waals surface area contributed by atoms with Gasteiger partial charge in [0.15, 0.2) is 6.29 Å². The normalized spacial score (nSPS) is 11.4. The molecule has 2 rings (SSSR count). The van der Waals surface area contributed by atoms with E-state index < -0.39 is 0 Å². The van der Waals surface area contributed by atoms with Gasteiger partial charge in [-0.25, -0.2) is 9.97 Å². The van der Waals surface area contributed by atoms with Gasteiger partial charge in [-0.1, -0.05) is 13.8 Å². The summed E-state index contributed by atoms with van der Waals surface area (Å²) in [6, 6.07) is 0. The van der Waals surface area contributed by atoms with E-state index in [9.17, 15) is 4.79 Å². The molecule has 18 heavy (non-hydrogen) atoms. The molecule has 0 aliphatic carbocycles. The number of aryl methyl sites for hydroxylation is 2. The Bertz CT molecular complexity index is 584. The lowest BCUT2D eigenvalue weighted by molar-refractivity contribution is 0.112. The molecule has 0 fully saturated rings. The lowest BCUT2D eigenvalue weighted by atomic mass is 10.1. The first-order valence-corrected chi connectivity index (χ1v) is 6.38. The first-order valence-electron chi connectivity index (χ1n) is 6.38. The van der Waals surface area contributed by atoms with Gasteiger partial charge in [0.2, 0.25) is 0 Å². The van der Waals surface area contributed by atoms with Crippen LogP contribution < -0.4 is 0 Å². The average Bonchev–Trinajstić information content (AvgIpc) is 2.66. The number of nitrogens with zero attached hydrogens (tertiary/aromatic N) is 3. The highest BCUT2D eigenvalue weighted by Gasteiger charge is 2.14. The molecular weight excluding hydrogens is 226 g/mol. The SMILES string of the molecule is CCn1cc(C=O)c2c(C)nc(CC(C)C)nc21. The van der Waals surface area contributed by atoms with Crippen LogP contribution in [0.4, 0.5) is 0 Å². The molecule has 0 aromatic carbocycles. The molecule has 0 saturated heterocycles. The Hall–Kier alpha value is -1.71. The van der Waals surface area contributed by atoms with Gasteiger partial charge >= 0.3 is 0 Å². The van der Waals surface area contributed by atoms with E-state index in [2.05, 4.69) is 23.8 Å². The van der Waals surface area contributed by atoms with Crippen molar-refractivity contribution in [1.29, 1.82) is 0 Å². The molecule has 0 radical (unpaired) electrons. The van der Waals surface area contributed by atoms with Gasteiger partial charge < -0.3 is 4.57 Å². The predicted octanol–water partition coefficient (Wildman–Crippen LogP) is 2.77. The van der Waals surface area contributed by atoms with Gasteiger partial charge in [-0.3, -0.25) is 4.79 Å². The second kappa shape index (κ2) is 4.88. The molecule has 0 spiro atoms. The summed E-state index contributed by atoms with van der Waals surface area (Å²) in [5, 5.41) is 0.888. The van der Waals surface area contributed by atoms with Gasteiger partial charge in [-0.2, -0.15) is 0 Å². The molecule has 0 aliphatic rings. The standard InChI is InChI=1S/C14H19N3O/c1-5-17-7-11(8-18)13-10(4)15-12(6-9(2)3)16-14(13)17/h7-9H,5-6H2,1-4H3. The van der Waals surface area contributed by atoms with Crippen molar-refractivity contribution in [2.45, 2.75) is 40.7 Å². The number of aldehydes is 1. The van der Waals surface area contributed by atoms with Crippen LogP contribution in [0.3, 0.4) is 0 Å². The number of fused-ring (bicyclic) bond motifs is 1. The van der Waals surface area contributed by atoms with Gasteiger partial charge in [0.25, 0.3) is 0 Å². The maximum atomic E-state index is 11.1. The van der Waals surface area contributed by atoms with Crippen LogP contribution in [0.5, 0.6) is 0 Å². The summed E-state index contributed by atoms with van der Waals surface area (Å²) < 4.78 is 2.01. The third kappa shape index (κ3) is 2.15. The zero-order valence-electron chi connectivity index (χ0n) is 11.4. The Balaban J connectivity index is 2.67. The van der Waals surface area contributed by atoms with Crippen molar-refractivity contribution in [2.75, 3.05) is 0 Å². The van der Waals surface area contributed by atoms with Crippen LogP contribution in [-0.2, 0) is 13.0 Å². The van der Waals surface area contributed by atoms with Crippen LogP contribution in [0.25, 0.3) is 11.0 Å². The van der Waals surface area contributed by atoms with Gasteiger partial charge in [-0.05, 0) is 19.8 Å². The number of hydrogen-bond donors (Lipinski definition) is 0. The van der Waals surface area contributed by atoms with Crippen molar-refractivity contribution in [2.24, 2.45) is 5.92 Å². The van der Waals surface area contributed by atoms with E-state index in [-0.39, 0.29) is 0 Å². The number of carbonyl (C=O) groups is 1. The fourth-order valence-corrected chi connectivity index (χ4v) is 2.24. The molecule has 0 atom stereocenters. The minimum atomic E-state index is 0.525. The van der Waals surface area contributed by atoms with Crippen LogP contribution in [0.15, 0.2) is 6.20 Å². The lowest BCUT2D eigenvalue weighted by Crippen LogP contribution is -2.04. The van der Waals surface area contributed by atoms with E-state index >= 15 is 0 Å². The van der Waals surface area contributed by atoms with E-state index in [1.54, 1.807) is 0 Å². The smallest absolute Gasteiger partial charge is 0.152 e. The Labute approximate surface area is 107 Å². The van der Waals surface area contributed by atoms with Crippen molar-refractivity contribution >= 4 is 17.3 Å². The third-order valence-corrected chi connectivity index (χ3v) is 3.03. The largest absolute Gasteiger partial charge is 0.332 e. The van der Waals surface area contributed by atoms with E-state index in [0.717, 1.165) is 41.8 Å². The second-order valence-electron chi connectivity index (χ2n) is 5.01. The molecule has 96 valence electrons. The third-order valence-electron chi connectivity index (χ3n) is 3.03. The number of carbonyl (C=O) groups excluding carboxylic acids is 1. The molecule has 2 aromatic rings. The topological polar surface area (TPSA) is 47.8 Å². The number of aromatic nitrogens is 3. The molecule has 0 N–H and O–H groups in total. The number of rotatable bonds is 4. The summed E-state index contributed by atoms with van der Waals surface area (Å²) in [4.78, 5) is 20.2. The van der Waals surface area contributed by atoms with Crippen LogP contribution >= 0.6 is 0 Å². The molecule has 4 heteroatoms. The molecule has 2 heterocycles. The first kappa shape index (κ1) is 12.7. The van der Waals surface area contributed by atoms with Crippen molar-refractivity contribution < 1.29 is 4.79 Å². The Morgan fingerprint density at radius 2 is 2.11 bits per heavy atom. The van der Waals surface area contributed by atoms with E-state index in [1.807, 2.05) is 24.6 Å². The van der Waals surface area contributed by atoms with Gasteiger partial charge in [0.1, 0.15) is 11.5 Å². The van der Waals surface area contributed by atoms with E-state index in [1.165, 1.54) is 0 Å². The fourth-order valence-electron chi connectivity index (χ4n) is 2.24. The van der Waals surface area contributed by atoms with Gasteiger partial charge in [0, 0.05) is 24.7 Å². The first-order chi connectivity index (χ1) is 8.56. The highest BCUT2D eigenvalue weighted by atomic mass is 16.1. The second-order valence-corrected chi connectivity index (χ2v) is 5.01. The van der Waals surface area contributed by atoms with E-state index in [0.29, 0.717) is 11.5 Å². The van der Waals surface area contributed by atoms with E-state index in [4.69, 9.17) is 0 Å². The molecule has 2 aromatic heterocycles. The average molecular weight is 245 g/mol. The summed E-state index contributed by atoms with van der Waals surface area (Å²) in [7, 11) is 0. The Kier molecular flexibility index (Phi) is 3.45. The van der Waals surface area contributed by atoms with Crippen molar-refractivity contribution in [1.82, 2.24) is 14.5 Å². The van der Waals surface area contributed by atoms with Gasteiger partial charge in [-0.15, -0.1) is 0 Å². The zero-order valence-corrected chi connectivity index (χ0v) is 11.4. The number of hydrogen-bond acceptors (Lipinski definition) is 3. The molecule has 0 aliphatic heterocycles. The molecular formula is C14H19N3O. The van der Waals surface area contributed by atoms with Crippen LogP contribution in [-0.4, -0.2) is 20.8 Å². The van der Waals surface area contributed by atoms with Crippen LogP contribution in [0, 0.1) is 12.8 Å². The minimum Gasteiger partial charge on any atom is -0.332 e. The lowest BCUT2D eigenvalue weighted by Gasteiger charge is -2.07. The summed E-state index contributed by atoms with van der Waals surface area (Å²) in [6.07, 6.45) is 3.60.